The maximum absolute atomic E-state index is 12.5. The fourth-order valence-electron chi connectivity index (χ4n) is 2.52. The van der Waals surface area contributed by atoms with Crippen LogP contribution in [0.25, 0.3) is 0 Å². The third-order valence-electron chi connectivity index (χ3n) is 3.75. The summed E-state index contributed by atoms with van der Waals surface area (Å²) in [6, 6.07) is 0. The Hall–Kier alpha value is -1.36. The number of anilines is 1. The Kier molecular flexibility index (Phi) is 3.67. The molecule has 1 N–H and O–H groups in total. The molecule has 1 saturated heterocycles. The van der Waals surface area contributed by atoms with Crippen molar-refractivity contribution in [2.75, 3.05) is 18.0 Å². The van der Waals surface area contributed by atoms with Crippen molar-refractivity contribution in [3.05, 3.63) is 22.7 Å². The molecule has 2 rings (SSSR count). The number of hydrogen-bond donors (Lipinski definition) is 1. The highest BCUT2D eigenvalue weighted by molar-refractivity contribution is 5.37. The second kappa shape index (κ2) is 4.96. The first-order valence-corrected chi connectivity index (χ1v) is 6.82. The summed E-state index contributed by atoms with van der Waals surface area (Å²) in [5, 5.41) is 9.64. The van der Waals surface area contributed by atoms with Crippen LogP contribution in [0.15, 0.2) is 17.2 Å². The Bertz CT molecular complexity index is 502. The third kappa shape index (κ3) is 2.81. The van der Waals surface area contributed by atoms with E-state index in [2.05, 4.69) is 4.98 Å². The summed E-state index contributed by atoms with van der Waals surface area (Å²) in [4.78, 5) is 18.7. The van der Waals surface area contributed by atoms with Gasteiger partial charge in [0.25, 0.3) is 5.56 Å². The minimum atomic E-state index is -0.335. The molecule has 1 aromatic rings. The van der Waals surface area contributed by atoms with Crippen LogP contribution in [0, 0.1) is 5.92 Å². The van der Waals surface area contributed by atoms with Gasteiger partial charge in [-0.25, -0.2) is 4.98 Å². The van der Waals surface area contributed by atoms with Gasteiger partial charge in [0.1, 0.15) is 0 Å². The summed E-state index contributed by atoms with van der Waals surface area (Å²) < 4.78 is 1.71. The summed E-state index contributed by atoms with van der Waals surface area (Å²) in [5.41, 5.74) is -0.306. The molecule has 1 aromatic heterocycles. The van der Waals surface area contributed by atoms with Gasteiger partial charge in [0.05, 0.1) is 6.10 Å². The number of rotatable bonds is 2. The molecule has 19 heavy (non-hydrogen) atoms. The van der Waals surface area contributed by atoms with Gasteiger partial charge in [0, 0.05) is 36.9 Å². The number of aliphatic hydroxyl groups excluding tert-OH is 1. The van der Waals surface area contributed by atoms with Gasteiger partial charge in [0.15, 0.2) is 5.82 Å². The van der Waals surface area contributed by atoms with E-state index in [0.717, 1.165) is 13.0 Å². The number of aromatic nitrogens is 2. The van der Waals surface area contributed by atoms with Gasteiger partial charge in [-0.2, -0.15) is 0 Å². The minimum Gasteiger partial charge on any atom is -0.393 e. The number of aliphatic hydroxyl groups is 1. The molecule has 0 aromatic carbocycles. The Morgan fingerprint density at radius 3 is 2.68 bits per heavy atom. The molecule has 0 spiro atoms. The summed E-state index contributed by atoms with van der Waals surface area (Å²) in [7, 11) is 0. The lowest BCUT2D eigenvalue weighted by atomic mass is 10.0. The van der Waals surface area contributed by atoms with E-state index in [1.165, 1.54) is 0 Å². The predicted octanol–water partition coefficient (Wildman–Crippen LogP) is 1.21. The van der Waals surface area contributed by atoms with Crippen LogP contribution in [0.2, 0.25) is 0 Å². The number of hydrogen-bond acceptors (Lipinski definition) is 4. The van der Waals surface area contributed by atoms with E-state index in [4.69, 9.17) is 0 Å². The van der Waals surface area contributed by atoms with Crippen LogP contribution in [0.5, 0.6) is 0 Å². The zero-order chi connectivity index (χ0) is 14.2. The fourth-order valence-corrected chi connectivity index (χ4v) is 2.52. The molecular formula is C14H23N3O2. The molecule has 0 amide bonds. The van der Waals surface area contributed by atoms with Gasteiger partial charge >= 0.3 is 0 Å². The molecule has 5 heteroatoms. The van der Waals surface area contributed by atoms with Gasteiger partial charge < -0.3 is 14.6 Å². The highest BCUT2D eigenvalue weighted by Gasteiger charge is 2.29. The Morgan fingerprint density at radius 1 is 1.47 bits per heavy atom. The lowest BCUT2D eigenvalue weighted by Gasteiger charge is -2.25. The van der Waals surface area contributed by atoms with E-state index in [9.17, 15) is 9.90 Å². The average Bonchev–Trinajstić information content (AvgIpc) is 2.77. The van der Waals surface area contributed by atoms with Crippen molar-refractivity contribution in [1.29, 1.82) is 0 Å². The first-order chi connectivity index (χ1) is 8.80. The normalized spacial score (nSPS) is 21.7. The molecule has 5 nitrogen and oxygen atoms in total. The smallest absolute Gasteiger partial charge is 0.293 e. The maximum Gasteiger partial charge on any atom is 0.293 e. The first-order valence-electron chi connectivity index (χ1n) is 6.82. The Balaban J connectivity index is 2.30. The van der Waals surface area contributed by atoms with E-state index < -0.39 is 0 Å². The van der Waals surface area contributed by atoms with Crippen LogP contribution in [0.4, 0.5) is 5.82 Å². The van der Waals surface area contributed by atoms with E-state index in [0.29, 0.717) is 12.4 Å². The van der Waals surface area contributed by atoms with Crippen LogP contribution in [0.1, 0.15) is 34.1 Å². The van der Waals surface area contributed by atoms with Crippen molar-refractivity contribution in [2.45, 2.75) is 45.8 Å². The summed E-state index contributed by atoms with van der Waals surface area (Å²) in [6.45, 7) is 9.29. The van der Waals surface area contributed by atoms with Crippen LogP contribution < -0.4 is 10.5 Å². The van der Waals surface area contributed by atoms with Crippen molar-refractivity contribution < 1.29 is 5.11 Å². The molecule has 0 saturated carbocycles. The van der Waals surface area contributed by atoms with E-state index in [-0.39, 0.29) is 23.1 Å². The first kappa shape index (κ1) is 14.1. The Labute approximate surface area is 113 Å². The molecule has 0 bridgehead atoms. The van der Waals surface area contributed by atoms with Crippen LogP contribution >= 0.6 is 0 Å². The predicted molar refractivity (Wildman–Crippen MR) is 75.5 cm³/mol. The highest BCUT2D eigenvalue weighted by atomic mass is 16.3. The van der Waals surface area contributed by atoms with Gasteiger partial charge in [0.2, 0.25) is 0 Å². The van der Waals surface area contributed by atoms with Crippen molar-refractivity contribution >= 4 is 5.82 Å². The fraction of sp³-hybridized carbons (Fsp3) is 0.714. The van der Waals surface area contributed by atoms with Gasteiger partial charge in [-0.15, -0.1) is 0 Å². The maximum atomic E-state index is 12.5. The molecular weight excluding hydrogens is 242 g/mol. The average molecular weight is 265 g/mol. The summed E-state index contributed by atoms with van der Waals surface area (Å²) in [5.74, 6) is 0.727. The molecule has 106 valence electrons. The van der Waals surface area contributed by atoms with Crippen molar-refractivity contribution in [1.82, 2.24) is 9.55 Å². The van der Waals surface area contributed by atoms with Gasteiger partial charge in [-0.1, -0.05) is 0 Å². The highest BCUT2D eigenvalue weighted by Crippen LogP contribution is 2.22. The second-order valence-corrected chi connectivity index (χ2v) is 6.33. The SMILES string of the molecule is CC(O)C1CCN(c2nccn(C(C)(C)C)c2=O)C1. The molecule has 0 aliphatic carbocycles. The van der Waals surface area contributed by atoms with Crippen molar-refractivity contribution in [3.8, 4) is 0 Å². The molecule has 1 fully saturated rings. The van der Waals surface area contributed by atoms with E-state index in [1.54, 1.807) is 23.9 Å². The standard InChI is InChI=1S/C14H23N3O2/c1-10(18)11-5-7-16(9-11)12-13(19)17(8-6-15-12)14(2,3)4/h6,8,10-11,18H,5,7,9H2,1-4H3. The number of nitrogens with zero attached hydrogens (tertiary/aromatic N) is 3. The quantitative estimate of drug-likeness (QED) is 0.873. The lowest BCUT2D eigenvalue weighted by Crippen LogP contribution is -2.38. The lowest BCUT2D eigenvalue weighted by molar-refractivity contribution is 0.136. The van der Waals surface area contributed by atoms with E-state index >= 15 is 0 Å². The van der Waals surface area contributed by atoms with Crippen LogP contribution in [-0.4, -0.2) is 33.9 Å². The summed E-state index contributed by atoms with van der Waals surface area (Å²) >= 11 is 0. The molecule has 0 radical (unpaired) electrons. The van der Waals surface area contributed by atoms with Crippen molar-refractivity contribution in [2.24, 2.45) is 5.92 Å². The molecule has 2 atom stereocenters. The van der Waals surface area contributed by atoms with E-state index in [1.807, 2.05) is 25.7 Å². The third-order valence-corrected chi connectivity index (χ3v) is 3.75. The van der Waals surface area contributed by atoms with Crippen molar-refractivity contribution in [3.63, 3.8) is 0 Å². The second-order valence-electron chi connectivity index (χ2n) is 6.33. The van der Waals surface area contributed by atoms with Crippen LogP contribution in [0.3, 0.4) is 0 Å². The summed E-state index contributed by atoms with van der Waals surface area (Å²) in [6.07, 6.45) is 3.98. The molecule has 1 aliphatic heterocycles. The topological polar surface area (TPSA) is 58.4 Å². The molecule has 2 heterocycles. The van der Waals surface area contributed by atoms with Gasteiger partial charge in [-0.05, 0) is 34.1 Å². The monoisotopic (exact) mass is 265 g/mol. The van der Waals surface area contributed by atoms with Gasteiger partial charge in [-0.3, -0.25) is 4.79 Å². The zero-order valence-corrected chi connectivity index (χ0v) is 12.1. The molecule has 2 unspecified atom stereocenters. The molecule has 1 aliphatic rings. The van der Waals surface area contributed by atoms with Crippen LogP contribution in [-0.2, 0) is 5.54 Å². The zero-order valence-electron chi connectivity index (χ0n) is 12.1. The Morgan fingerprint density at radius 2 is 2.16 bits per heavy atom. The minimum absolute atomic E-state index is 0.0544. The largest absolute Gasteiger partial charge is 0.393 e.